The van der Waals surface area contributed by atoms with E-state index in [1.54, 1.807) is 0 Å². The number of esters is 1. The van der Waals surface area contributed by atoms with Crippen molar-refractivity contribution in [2.24, 2.45) is 0 Å². The van der Waals surface area contributed by atoms with E-state index in [1.807, 2.05) is 24.3 Å². The highest BCUT2D eigenvalue weighted by Crippen LogP contribution is 2.43. The Hall–Kier alpha value is -4.12. The number of carbonyl (C=O) groups excluding carboxylic acids is 2. The van der Waals surface area contributed by atoms with Gasteiger partial charge >= 0.3 is 19.8 Å². The quantitative estimate of drug-likeness (QED) is 0.0206. The van der Waals surface area contributed by atoms with E-state index in [0.29, 0.717) is 25.7 Å². The Morgan fingerprint density at radius 1 is 0.552 bits per heavy atom. The van der Waals surface area contributed by atoms with Crippen LogP contribution in [0.25, 0.3) is 0 Å². The molecule has 0 saturated carbocycles. The Labute approximate surface area is 348 Å². The fourth-order valence-electron chi connectivity index (χ4n) is 4.62. The van der Waals surface area contributed by atoms with E-state index in [4.69, 9.17) is 13.8 Å². The van der Waals surface area contributed by atoms with Crippen molar-refractivity contribution in [3.63, 3.8) is 0 Å². The topological polar surface area (TPSA) is 169 Å². The number of carboxylic acids is 1. The predicted octanol–water partition coefficient (Wildman–Crippen LogP) is 10.4. The van der Waals surface area contributed by atoms with Gasteiger partial charge in [-0.3, -0.25) is 18.6 Å². The smallest absolute Gasteiger partial charge is 0.472 e. The summed E-state index contributed by atoms with van der Waals surface area (Å²) in [5.74, 6) is -2.54. The van der Waals surface area contributed by atoms with Crippen molar-refractivity contribution in [3.05, 3.63) is 122 Å². The Kier molecular flexibility index (Phi) is 36.9. The first-order valence-corrected chi connectivity index (χ1v) is 22.1. The number of unbranched alkanes of at least 4 members (excludes halogenated alkanes) is 2. The maximum absolute atomic E-state index is 12.3. The summed E-state index contributed by atoms with van der Waals surface area (Å²) in [6.45, 7) is 2.23. The fourth-order valence-corrected chi connectivity index (χ4v) is 5.39. The van der Waals surface area contributed by atoms with Gasteiger partial charge in [-0.15, -0.1) is 0 Å². The first-order valence-electron chi connectivity index (χ1n) is 20.6. The van der Waals surface area contributed by atoms with Crippen molar-refractivity contribution >= 4 is 25.7 Å². The van der Waals surface area contributed by atoms with Crippen LogP contribution in [0.15, 0.2) is 122 Å². The minimum Gasteiger partial charge on any atom is -0.480 e. The molecule has 0 heterocycles. The van der Waals surface area contributed by atoms with E-state index in [1.165, 1.54) is 0 Å². The van der Waals surface area contributed by atoms with Gasteiger partial charge in [0.1, 0.15) is 12.7 Å². The fraction of sp³-hybridized carbons (Fsp3) is 0.500. The van der Waals surface area contributed by atoms with Gasteiger partial charge < -0.3 is 25.2 Å². The number of aliphatic carboxylic acids is 1. The molecule has 0 bridgehead atoms. The molecule has 0 aliphatic heterocycles. The highest BCUT2D eigenvalue weighted by Gasteiger charge is 2.28. The van der Waals surface area contributed by atoms with Gasteiger partial charge in [0.25, 0.3) is 0 Å². The summed E-state index contributed by atoms with van der Waals surface area (Å²) in [5.41, 5.74) is 0. The lowest BCUT2D eigenvalue weighted by Crippen LogP contribution is -2.43. The van der Waals surface area contributed by atoms with Crippen LogP contribution in [0, 0.1) is 0 Å². The number of hydrogen-bond donors (Lipinski definition) is 4. The third kappa shape index (κ3) is 38.7. The number of hydrogen-bond acceptors (Lipinski definition) is 8. The van der Waals surface area contributed by atoms with Gasteiger partial charge in [-0.25, -0.2) is 9.36 Å². The van der Waals surface area contributed by atoms with Crippen LogP contribution < -0.4 is 5.32 Å². The Morgan fingerprint density at radius 2 is 0.914 bits per heavy atom. The van der Waals surface area contributed by atoms with Gasteiger partial charge in [0.05, 0.1) is 13.2 Å². The van der Waals surface area contributed by atoms with Crippen LogP contribution in [-0.2, 0) is 32.7 Å². The number of aliphatic hydroxyl groups is 1. The molecule has 0 rings (SSSR count). The summed E-state index contributed by atoms with van der Waals surface area (Å²) in [6, 6.07) is -1.59. The van der Waals surface area contributed by atoms with Crippen LogP contribution >= 0.6 is 7.82 Å². The number of rotatable bonds is 36. The maximum Gasteiger partial charge on any atom is 0.472 e. The molecule has 12 heteroatoms. The normalized spacial score (nSPS) is 15.0. The highest BCUT2D eigenvalue weighted by molar-refractivity contribution is 7.47. The summed E-state index contributed by atoms with van der Waals surface area (Å²) >= 11 is 0. The first kappa shape index (κ1) is 53.9. The largest absolute Gasteiger partial charge is 0.480 e. The van der Waals surface area contributed by atoms with Crippen LogP contribution in [0.5, 0.6) is 0 Å². The molecule has 0 aliphatic rings. The number of nitrogens with one attached hydrogen (secondary N) is 1. The van der Waals surface area contributed by atoms with Gasteiger partial charge in [-0.2, -0.15) is 0 Å². The van der Waals surface area contributed by atoms with Crippen LogP contribution in [0.3, 0.4) is 0 Å². The second-order valence-electron chi connectivity index (χ2n) is 13.1. The lowest BCUT2D eigenvalue weighted by atomic mass is 10.2. The molecular formula is C46H70NO10P. The average Bonchev–Trinajstić information content (AvgIpc) is 3.20. The SMILES string of the molecule is CC/C=C\C/C=C\C/C=C\C/C=C\C/C=C\CCCC(=O)NC(COP(=O)(O)OCC(O)COC(=O)CCC/C=C\C/C=C\C/C=C\C/C=C\C/C=C\CC)C(=O)O. The molecule has 4 N–H and O–H groups in total. The minimum atomic E-state index is -4.79. The zero-order valence-electron chi connectivity index (χ0n) is 34.8. The van der Waals surface area contributed by atoms with Crippen molar-refractivity contribution in [2.75, 3.05) is 19.8 Å². The number of ether oxygens (including phenoxy) is 1. The number of amides is 1. The molecule has 0 aliphatic carbocycles. The second-order valence-corrected chi connectivity index (χ2v) is 14.5. The van der Waals surface area contributed by atoms with Gasteiger partial charge in [-0.05, 0) is 89.9 Å². The van der Waals surface area contributed by atoms with Crippen LogP contribution in [-0.4, -0.2) is 64.9 Å². The predicted molar refractivity (Wildman–Crippen MR) is 235 cm³/mol. The van der Waals surface area contributed by atoms with Crippen LogP contribution in [0.4, 0.5) is 0 Å². The summed E-state index contributed by atoms with van der Waals surface area (Å²) in [4.78, 5) is 45.8. The van der Waals surface area contributed by atoms with Crippen molar-refractivity contribution in [2.45, 2.75) is 129 Å². The first-order chi connectivity index (χ1) is 28.1. The van der Waals surface area contributed by atoms with Gasteiger partial charge in [-0.1, -0.05) is 135 Å². The van der Waals surface area contributed by atoms with E-state index < -0.39 is 57.6 Å². The van der Waals surface area contributed by atoms with Crippen molar-refractivity contribution in [3.8, 4) is 0 Å². The van der Waals surface area contributed by atoms with E-state index in [9.17, 15) is 34.1 Å². The molecule has 0 aromatic rings. The molecule has 0 fully saturated rings. The maximum atomic E-state index is 12.3. The molecule has 11 nitrogen and oxygen atoms in total. The highest BCUT2D eigenvalue weighted by atomic mass is 31.2. The number of allylic oxidation sites excluding steroid dienone is 20. The number of carbonyl (C=O) groups is 3. The third-order valence-electron chi connectivity index (χ3n) is 7.75. The second kappa shape index (κ2) is 39.7. The number of aliphatic hydroxyl groups excluding tert-OH is 1. The molecule has 0 saturated heterocycles. The van der Waals surface area contributed by atoms with E-state index >= 15 is 0 Å². The zero-order valence-corrected chi connectivity index (χ0v) is 35.7. The summed E-state index contributed by atoms with van der Waals surface area (Å²) in [7, 11) is -4.79. The zero-order chi connectivity index (χ0) is 42.8. The summed E-state index contributed by atoms with van der Waals surface area (Å²) in [5, 5.41) is 21.7. The lowest BCUT2D eigenvalue weighted by molar-refractivity contribution is -0.147. The van der Waals surface area contributed by atoms with E-state index in [2.05, 4.69) is 116 Å². The lowest BCUT2D eigenvalue weighted by Gasteiger charge is -2.18. The molecule has 58 heavy (non-hydrogen) atoms. The van der Waals surface area contributed by atoms with Gasteiger partial charge in [0.2, 0.25) is 5.91 Å². The van der Waals surface area contributed by atoms with E-state index in [0.717, 1.165) is 64.2 Å². The van der Waals surface area contributed by atoms with Crippen molar-refractivity contribution < 1.29 is 47.8 Å². The Morgan fingerprint density at radius 3 is 1.31 bits per heavy atom. The molecule has 0 spiro atoms. The molecule has 0 aromatic heterocycles. The van der Waals surface area contributed by atoms with Crippen LogP contribution in [0.2, 0.25) is 0 Å². The summed E-state index contributed by atoms with van der Waals surface area (Å²) in [6.07, 6.45) is 52.4. The molecule has 324 valence electrons. The molecular weight excluding hydrogens is 757 g/mol. The Bertz CT molecular complexity index is 1440. The molecule has 0 aromatic carbocycles. The number of phosphoric ester groups is 1. The minimum absolute atomic E-state index is 0.0552. The standard InChI is InChI=1S/C46H70NO10P/c1-3-5-7-9-11-13-15-17-19-21-23-25-27-29-31-33-35-37-44(49)47-43(46(51)52)41-57-58(53,54)56-40-42(48)39-55-45(50)38-36-34-32-30-28-26-24-22-20-18-16-14-12-10-8-6-4-2/h5-8,11-14,17-20,23-26,29-32,42-43,48H,3-4,9-10,15-16,21-22,27-28,33-41H2,1-2H3,(H,47,49)(H,51,52)(H,53,54)/b7-5-,8-6-,13-11-,14-12-,19-17-,20-18-,25-23-,26-24-,31-29-,32-30-. The molecule has 3 atom stereocenters. The van der Waals surface area contributed by atoms with Gasteiger partial charge in [0.15, 0.2) is 6.04 Å². The molecule has 1 amide bonds. The van der Waals surface area contributed by atoms with Gasteiger partial charge in [0, 0.05) is 12.8 Å². The molecule has 3 unspecified atom stereocenters. The van der Waals surface area contributed by atoms with Crippen molar-refractivity contribution in [1.29, 1.82) is 0 Å². The number of carboxylic acid groups (broad SMARTS) is 1. The van der Waals surface area contributed by atoms with Crippen LogP contribution in [0.1, 0.15) is 117 Å². The number of phosphoric acid groups is 1. The molecule has 0 radical (unpaired) electrons. The average molecular weight is 828 g/mol. The monoisotopic (exact) mass is 827 g/mol. The summed E-state index contributed by atoms with van der Waals surface area (Å²) < 4.78 is 26.7. The third-order valence-corrected chi connectivity index (χ3v) is 8.70. The Balaban J connectivity index is 4.12. The van der Waals surface area contributed by atoms with Crippen molar-refractivity contribution in [1.82, 2.24) is 5.32 Å². The van der Waals surface area contributed by atoms with E-state index in [-0.39, 0.29) is 12.8 Å².